The van der Waals surface area contributed by atoms with Crippen LogP contribution in [-0.4, -0.2) is 28.3 Å². The van der Waals surface area contributed by atoms with Crippen molar-refractivity contribution in [2.45, 2.75) is 64.0 Å². The van der Waals surface area contributed by atoms with Crippen LogP contribution in [-0.2, 0) is 17.1 Å². The molecule has 4 aromatic rings. The molecule has 2 atom stereocenters. The molecular formula is C29H28F8N2O. The molecule has 0 aliphatic heterocycles. The van der Waals surface area contributed by atoms with Gasteiger partial charge in [-0.1, -0.05) is 12.1 Å². The van der Waals surface area contributed by atoms with E-state index in [4.69, 9.17) is 0 Å². The second kappa shape index (κ2) is 10.6. The number of carbonyl (C=O) groups is 1. The van der Waals surface area contributed by atoms with E-state index >= 15 is 0 Å². The van der Waals surface area contributed by atoms with Crippen LogP contribution in [0.1, 0.15) is 73.9 Å². The van der Waals surface area contributed by atoms with Crippen molar-refractivity contribution in [2.24, 2.45) is 0 Å². The van der Waals surface area contributed by atoms with Crippen molar-refractivity contribution in [1.29, 1.82) is 0 Å². The summed E-state index contributed by atoms with van der Waals surface area (Å²) in [5.74, 6) is -3.87. The number of ketones is 1. The van der Waals surface area contributed by atoms with Crippen LogP contribution < -0.4 is 0 Å². The molecule has 216 valence electrons. The molecule has 4 rings (SSSR count). The number of hydrogen-bond acceptors (Lipinski definition) is 1. The van der Waals surface area contributed by atoms with E-state index in [-0.39, 0.29) is 45.0 Å². The number of fused-ring (bicyclic) bond motifs is 2. The van der Waals surface area contributed by atoms with Crippen LogP contribution in [0.3, 0.4) is 0 Å². The van der Waals surface area contributed by atoms with Crippen LogP contribution in [0.2, 0.25) is 0 Å². The topological polar surface area (TPSA) is 26.9 Å². The fourth-order valence-electron chi connectivity index (χ4n) is 5.19. The van der Waals surface area contributed by atoms with Gasteiger partial charge in [-0.25, -0.2) is 8.78 Å². The summed E-state index contributed by atoms with van der Waals surface area (Å²) in [6.45, 7) is 4.39. The zero-order chi connectivity index (χ0) is 29.7. The standard InChI is InChI=1S/C29H28F8N2O/c1-15(2)38-13-23(19-7-5-17(9-25(19)38)28(32,33)34)21(11-30)27(40)22(12-31)24-14-39(16(3)4)26-10-18(29(35,36)37)6-8-20(24)26/h5-10,13-16,21-22H,11-12H2,1-4H3. The van der Waals surface area contributed by atoms with E-state index < -0.39 is 54.4 Å². The molecule has 0 N–H and O–H groups in total. The molecule has 3 nitrogen and oxygen atoms in total. The number of benzene rings is 2. The molecule has 2 unspecified atom stereocenters. The van der Waals surface area contributed by atoms with Crippen molar-refractivity contribution in [3.05, 3.63) is 71.0 Å². The molecule has 0 spiro atoms. The highest BCUT2D eigenvalue weighted by atomic mass is 19.4. The average molecular weight is 573 g/mol. The highest BCUT2D eigenvalue weighted by molar-refractivity contribution is 6.00. The third-order valence-corrected chi connectivity index (χ3v) is 7.24. The van der Waals surface area contributed by atoms with Crippen LogP contribution in [0, 0.1) is 0 Å². The number of alkyl halides is 8. The predicted octanol–water partition coefficient (Wildman–Crippen LogP) is 9.17. The quantitative estimate of drug-likeness (QED) is 0.194. The fourth-order valence-corrected chi connectivity index (χ4v) is 5.19. The normalized spacial score (nSPS) is 14.6. The highest BCUT2D eigenvalue weighted by Gasteiger charge is 2.36. The Morgan fingerprint density at radius 3 is 1.30 bits per heavy atom. The summed E-state index contributed by atoms with van der Waals surface area (Å²) in [7, 11) is 0. The Morgan fingerprint density at radius 2 is 1.02 bits per heavy atom. The van der Waals surface area contributed by atoms with Gasteiger partial charge in [-0.05, 0) is 63.1 Å². The largest absolute Gasteiger partial charge is 0.416 e. The molecule has 0 amide bonds. The van der Waals surface area contributed by atoms with E-state index in [1.54, 1.807) is 27.7 Å². The molecule has 40 heavy (non-hydrogen) atoms. The molecular weight excluding hydrogens is 544 g/mol. The van der Waals surface area contributed by atoms with Gasteiger partial charge in [0.05, 0.1) is 23.0 Å². The van der Waals surface area contributed by atoms with Crippen molar-refractivity contribution in [2.75, 3.05) is 13.3 Å². The molecule has 11 heteroatoms. The lowest BCUT2D eigenvalue weighted by Gasteiger charge is -2.18. The van der Waals surface area contributed by atoms with Crippen LogP contribution in [0.4, 0.5) is 35.1 Å². The Bertz CT molecular complexity index is 1430. The summed E-state index contributed by atoms with van der Waals surface area (Å²) in [6.07, 6.45) is -6.41. The van der Waals surface area contributed by atoms with Gasteiger partial charge >= 0.3 is 12.4 Å². The molecule has 0 fully saturated rings. The molecule has 2 aromatic carbocycles. The Morgan fingerprint density at radius 1 is 0.675 bits per heavy atom. The minimum Gasteiger partial charge on any atom is -0.345 e. The molecule has 2 aromatic heterocycles. The number of aromatic nitrogens is 2. The van der Waals surface area contributed by atoms with Gasteiger partial charge in [0.1, 0.15) is 13.3 Å². The molecule has 0 bridgehead atoms. The van der Waals surface area contributed by atoms with Gasteiger partial charge in [0.2, 0.25) is 0 Å². The first-order chi connectivity index (χ1) is 18.6. The molecule has 2 heterocycles. The molecule has 0 saturated heterocycles. The van der Waals surface area contributed by atoms with E-state index in [1.807, 2.05) is 0 Å². The minimum atomic E-state index is -4.62. The maximum atomic E-state index is 14.6. The van der Waals surface area contributed by atoms with E-state index in [2.05, 4.69) is 0 Å². The number of nitrogens with zero attached hydrogens (tertiary/aromatic N) is 2. The van der Waals surface area contributed by atoms with Gasteiger partial charge < -0.3 is 9.13 Å². The van der Waals surface area contributed by atoms with Gasteiger partial charge in [-0.15, -0.1) is 0 Å². The number of carbonyl (C=O) groups excluding carboxylic acids is 1. The molecule has 0 radical (unpaired) electrons. The number of Topliss-reactive ketones (excluding diaryl/α,β-unsaturated/α-hetero) is 1. The average Bonchev–Trinajstić information content (AvgIpc) is 3.43. The summed E-state index contributed by atoms with van der Waals surface area (Å²) in [5.41, 5.74) is -1.27. The Labute approximate surface area is 225 Å². The summed E-state index contributed by atoms with van der Waals surface area (Å²) in [4.78, 5) is 13.7. The van der Waals surface area contributed by atoms with Crippen molar-refractivity contribution < 1.29 is 39.9 Å². The predicted molar refractivity (Wildman–Crippen MR) is 137 cm³/mol. The summed E-state index contributed by atoms with van der Waals surface area (Å²) >= 11 is 0. The lowest BCUT2D eigenvalue weighted by molar-refractivity contribution is -0.138. The first kappa shape index (κ1) is 29.6. The maximum absolute atomic E-state index is 14.6. The monoisotopic (exact) mass is 572 g/mol. The Balaban J connectivity index is 1.86. The zero-order valence-corrected chi connectivity index (χ0v) is 22.2. The smallest absolute Gasteiger partial charge is 0.345 e. The Kier molecular flexibility index (Phi) is 7.81. The zero-order valence-electron chi connectivity index (χ0n) is 22.2. The second-order valence-electron chi connectivity index (χ2n) is 10.4. The Hall–Kier alpha value is -3.37. The van der Waals surface area contributed by atoms with Crippen LogP contribution >= 0.6 is 0 Å². The number of rotatable bonds is 8. The van der Waals surface area contributed by atoms with Gasteiger partial charge in [-0.3, -0.25) is 4.79 Å². The van der Waals surface area contributed by atoms with Gasteiger partial charge in [0.25, 0.3) is 0 Å². The summed E-state index contributed by atoms with van der Waals surface area (Å²) < 4.78 is 113. The van der Waals surface area contributed by atoms with Gasteiger partial charge in [0.15, 0.2) is 5.78 Å². The highest BCUT2D eigenvalue weighted by Crippen LogP contribution is 2.40. The molecule has 0 saturated carbocycles. The van der Waals surface area contributed by atoms with E-state index in [9.17, 15) is 39.9 Å². The number of halogens is 8. The third kappa shape index (κ3) is 5.22. The van der Waals surface area contributed by atoms with Crippen molar-refractivity contribution in [3.63, 3.8) is 0 Å². The van der Waals surface area contributed by atoms with Crippen molar-refractivity contribution in [3.8, 4) is 0 Å². The van der Waals surface area contributed by atoms with Crippen LogP contribution in [0.15, 0.2) is 48.8 Å². The number of hydrogen-bond donors (Lipinski definition) is 0. The van der Waals surface area contributed by atoms with Crippen LogP contribution in [0.25, 0.3) is 21.8 Å². The lowest BCUT2D eigenvalue weighted by Crippen LogP contribution is -2.23. The minimum absolute atomic E-state index is 0.121. The first-order valence-electron chi connectivity index (χ1n) is 12.7. The second-order valence-corrected chi connectivity index (χ2v) is 10.4. The SMILES string of the molecule is CC(C)n1cc(C(CF)C(=O)C(CF)c2cn(C(C)C)c3cc(C(F)(F)F)ccc23)c2ccc(C(F)(F)F)cc21. The molecule has 0 aliphatic rings. The van der Waals surface area contributed by atoms with Crippen LogP contribution in [0.5, 0.6) is 0 Å². The third-order valence-electron chi connectivity index (χ3n) is 7.24. The lowest BCUT2D eigenvalue weighted by atomic mass is 9.84. The fraction of sp³-hybridized carbons (Fsp3) is 0.414. The molecule has 0 aliphatic carbocycles. The van der Waals surface area contributed by atoms with Crippen molar-refractivity contribution in [1.82, 2.24) is 9.13 Å². The van der Waals surface area contributed by atoms with Gasteiger partial charge in [-0.2, -0.15) is 26.3 Å². The van der Waals surface area contributed by atoms with Crippen molar-refractivity contribution >= 4 is 27.6 Å². The summed E-state index contributed by atoms with van der Waals surface area (Å²) in [6, 6.07) is 5.23. The van der Waals surface area contributed by atoms with E-state index in [0.29, 0.717) is 0 Å². The maximum Gasteiger partial charge on any atom is 0.416 e. The van der Waals surface area contributed by atoms with E-state index in [0.717, 1.165) is 24.3 Å². The van der Waals surface area contributed by atoms with Gasteiger partial charge in [0, 0.05) is 46.3 Å². The first-order valence-corrected chi connectivity index (χ1v) is 12.7. The van der Waals surface area contributed by atoms with E-state index in [1.165, 1.54) is 33.7 Å². The summed E-state index contributed by atoms with van der Waals surface area (Å²) in [5, 5.41) is 0.462.